The van der Waals surface area contributed by atoms with Gasteiger partial charge in [-0.1, -0.05) is 32.6 Å². The molecule has 0 unspecified atom stereocenters. The van der Waals surface area contributed by atoms with Gasteiger partial charge in [0.2, 0.25) is 0 Å². The fraction of sp³-hybridized carbons (Fsp3) is 1.00. The third kappa shape index (κ3) is 10.0. The van der Waals surface area contributed by atoms with Crippen LogP contribution < -0.4 is 5.32 Å². The summed E-state index contributed by atoms with van der Waals surface area (Å²) in [6.07, 6.45) is 6.50. The van der Waals surface area contributed by atoms with Crippen molar-refractivity contribution in [2.75, 3.05) is 6.54 Å². The molecule has 0 spiro atoms. The minimum Gasteiger partial charge on any atom is -0.389 e. The van der Waals surface area contributed by atoms with Crippen molar-refractivity contribution in [3.05, 3.63) is 0 Å². The van der Waals surface area contributed by atoms with Crippen molar-refractivity contribution in [2.24, 2.45) is 0 Å². The molecular weight excluding hydrogens is 174 g/mol. The van der Waals surface area contributed by atoms with Crippen molar-refractivity contribution in [3.8, 4) is 0 Å². The molecule has 14 heavy (non-hydrogen) atoms. The van der Waals surface area contributed by atoms with Crippen LogP contribution in [0.4, 0.5) is 0 Å². The van der Waals surface area contributed by atoms with Gasteiger partial charge in [-0.25, -0.2) is 0 Å². The predicted molar refractivity (Wildman–Crippen MR) is 62.5 cm³/mol. The van der Waals surface area contributed by atoms with E-state index in [0.717, 1.165) is 0 Å². The van der Waals surface area contributed by atoms with Crippen LogP contribution in [0.25, 0.3) is 0 Å². The van der Waals surface area contributed by atoms with Crippen LogP contribution in [0.15, 0.2) is 0 Å². The molecule has 0 rings (SSSR count). The number of hydrogen-bond donors (Lipinski definition) is 2. The Morgan fingerprint density at radius 1 is 1.21 bits per heavy atom. The summed E-state index contributed by atoms with van der Waals surface area (Å²) in [5.74, 6) is 0. The third-order valence-corrected chi connectivity index (χ3v) is 2.37. The van der Waals surface area contributed by atoms with E-state index in [0.29, 0.717) is 12.6 Å². The van der Waals surface area contributed by atoms with Crippen LogP contribution in [0.2, 0.25) is 0 Å². The zero-order valence-electron chi connectivity index (χ0n) is 10.3. The number of rotatable bonds is 8. The molecule has 86 valence electrons. The lowest BCUT2D eigenvalue weighted by molar-refractivity contribution is 0.0766. The Labute approximate surface area is 89.1 Å². The van der Waals surface area contributed by atoms with Gasteiger partial charge in [0, 0.05) is 12.6 Å². The molecule has 0 fully saturated rings. The smallest absolute Gasteiger partial charge is 0.0715 e. The fourth-order valence-electron chi connectivity index (χ4n) is 1.40. The highest BCUT2D eigenvalue weighted by Gasteiger charge is 2.13. The van der Waals surface area contributed by atoms with Crippen LogP contribution in [0.1, 0.15) is 59.8 Å². The molecule has 0 radical (unpaired) electrons. The monoisotopic (exact) mass is 201 g/mol. The molecule has 0 amide bonds. The van der Waals surface area contributed by atoms with E-state index >= 15 is 0 Å². The third-order valence-electron chi connectivity index (χ3n) is 2.37. The van der Waals surface area contributed by atoms with Crippen LogP contribution in [-0.4, -0.2) is 23.3 Å². The second-order valence-corrected chi connectivity index (χ2v) is 4.94. The lowest BCUT2D eigenvalue weighted by Gasteiger charge is -2.21. The highest BCUT2D eigenvalue weighted by molar-refractivity contribution is 4.71. The maximum Gasteiger partial charge on any atom is 0.0715 e. The molecule has 0 heterocycles. The van der Waals surface area contributed by atoms with Gasteiger partial charge < -0.3 is 10.4 Å². The van der Waals surface area contributed by atoms with Crippen LogP contribution in [0.3, 0.4) is 0 Å². The molecule has 0 aliphatic heterocycles. The molecule has 2 heteroatoms. The van der Waals surface area contributed by atoms with Gasteiger partial charge in [0.1, 0.15) is 0 Å². The maximum absolute atomic E-state index is 9.51. The van der Waals surface area contributed by atoms with E-state index in [1.807, 2.05) is 13.8 Å². The normalized spacial score (nSPS) is 14.4. The summed E-state index contributed by atoms with van der Waals surface area (Å²) in [6.45, 7) is 8.78. The Morgan fingerprint density at radius 3 is 2.36 bits per heavy atom. The Hall–Kier alpha value is -0.0800. The van der Waals surface area contributed by atoms with Gasteiger partial charge in [0.15, 0.2) is 0 Å². The number of unbranched alkanes of at least 4 members (excludes halogenated alkanes) is 3. The summed E-state index contributed by atoms with van der Waals surface area (Å²) in [5, 5.41) is 12.9. The summed E-state index contributed by atoms with van der Waals surface area (Å²) in [7, 11) is 0. The van der Waals surface area contributed by atoms with Crippen LogP contribution in [-0.2, 0) is 0 Å². The second kappa shape index (κ2) is 7.24. The summed E-state index contributed by atoms with van der Waals surface area (Å²) < 4.78 is 0. The Bertz CT molecular complexity index is 129. The van der Waals surface area contributed by atoms with Crippen LogP contribution in [0.5, 0.6) is 0 Å². The zero-order chi connectivity index (χ0) is 11.0. The number of nitrogens with one attached hydrogen (secondary N) is 1. The van der Waals surface area contributed by atoms with Gasteiger partial charge >= 0.3 is 0 Å². The fourth-order valence-corrected chi connectivity index (χ4v) is 1.40. The van der Waals surface area contributed by atoms with E-state index in [-0.39, 0.29) is 0 Å². The average molecular weight is 201 g/mol. The first kappa shape index (κ1) is 13.9. The highest BCUT2D eigenvalue weighted by Crippen LogP contribution is 2.06. The van der Waals surface area contributed by atoms with Crippen molar-refractivity contribution >= 4 is 0 Å². The zero-order valence-corrected chi connectivity index (χ0v) is 10.3. The molecule has 0 saturated heterocycles. The van der Waals surface area contributed by atoms with Crippen molar-refractivity contribution < 1.29 is 5.11 Å². The second-order valence-electron chi connectivity index (χ2n) is 4.94. The van der Waals surface area contributed by atoms with Crippen LogP contribution in [0, 0.1) is 0 Å². The van der Waals surface area contributed by atoms with Crippen molar-refractivity contribution in [1.29, 1.82) is 0 Å². The molecule has 2 N–H and O–H groups in total. The number of aliphatic hydroxyl groups is 1. The van der Waals surface area contributed by atoms with Gasteiger partial charge in [0.25, 0.3) is 0 Å². The molecule has 0 aliphatic rings. The minimum atomic E-state index is -0.586. The maximum atomic E-state index is 9.51. The molecule has 0 aromatic carbocycles. The van der Waals surface area contributed by atoms with Crippen molar-refractivity contribution in [3.63, 3.8) is 0 Å². The Morgan fingerprint density at radius 2 is 1.86 bits per heavy atom. The van der Waals surface area contributed by atoms with Crippen molar-refractivity contribution in [1.82, 2.24) is 5.32 Å². The lowest BCUT2D eigenvalue weighted by Crippen LogP contribution is -2.39. The molecule has 0 aromatic heterocycles. The largest absolute Gasteiger partial charge is 0.389 e. The summed E-state index contributed by atoms with van der Waals surface area (Å²) in [5.41, 5.74) is -0.586. The van der Waals surface area contributed by atoms with Crippen molar-refractivity contribution in [2.45, 2.75) is 71.4 Å². The summed E-state index contributed by atoms with van der Waals surface area (Å²) in [6, 6.07) is 0.526. The topological polar surface area (TPSA) is 32.3 Å². The minimum absolute atomic E-state index is 0.526. The molecule has 0 aliphatic carbocycles. The lowest BCUT2D eigenvalue weighted by atomic mass is 10.1. The van der Waals surface area contributed by atoms with E-state index < -0.39 is 5.60 Å². The average Bonchev–Trinajstić information content (AvgIpc) is 2.08. The molecule has 0 saturated carbocycles. The van der Waals surface area contributed by atoms with Gasteiger partial charge in [0.05, 0.1) is 5.60 Å². The van der Waals surface area contributed by atoms with E-state index in [1.165, 1.54) is 32.1 Å². The standard InChI is InChI=1S/C12H27NO/c1-5-6-7-8-9-11(2)13-10-12(3,4)14/h11,13-14H,5-10H2,1-4H3/t11-/m1/s1. The predicted octanol–water partition coefficient (Wildman–Crippen LogP) is 2.71. The Balaban J connectivity index is 3.32. The molecule has 2 nitrogen and oxygen atoms in total. The number of hydrogen-bond acceptors (Lipinski definition) is 2. The van der Waals surface area contributed by atoms with Crippen LogP contribution >= 0.6 is 0 Å². The quantitative estimate of drug-likeness (QED) is 0.592. The highest BCUT2D eigenvalue weighted by atomic mass is 16.3. The molecule has 0 aromatic rings. The molecule has 1 atom stereocenters. The van der Waals surface area contributed by atoms with Gasteiger partial charge in [-0.15, -0.1) is 0 Å². The van der Waals surface area contributed by atoms with E-state index in [2.05, 4.69) is 19.2 Å². The molecule has 0 bridgehead atoms. The van der Waals surface area contributed by atoms with Gasteiger partial charge in [-0.3, -0.25) is 0 Å². The summed E-state index contributed by atoms with van der Waals surface area (Å²) in [4.78, 5) is 0. The van der Waals surface area contributed by atoms with E-state index in [1.54, 1.807) is 0 Å². The molecular formula is C12H27NO. The summed E-state index contributed by atoms with van der Waals surface area (Å²) >= 11 is 0. The Kier molecular flexibility index (Phi) is 7.20. The van der Waals surface area contributed by atoms with Gasteiger partial charge in [-0.2, -0.15) is 0 Å². The van der Waals surface area contributed by atoms with E-state index in [9.17, 15) is 5.11 Å². The van der Waals surface area contributed by atoms with Gasteiger partial charge in [-0.05, 0) is 27.2 Å². The SMILES string of the molecule is CCCCCC[C@@H](C)NCC(C)(C)O. The first-order valence-corrected chi connectivity index (χ1v) is 5.91. The first-order valence-electron chi connectivity index (χ1n) is 5.91. The van der Waals surface area contributed by atoms with E-state index in [4.69, 9.17) is 0 Å². The first-order chi connectivity index (χ1) is 6.45.